The molecule has 7 nitrogen and oxygen atoms in total. The number of nitrogens with zero attached hydrogens (tertiary/aromatic N) is 2. The van der Waals surface area contributed by atoms with Crippen LogP contribution in [0.4, 0.5) is 5.69 Å². The third kappa shape index (κ3) is 3.25. The summed E-state index contributed by atoms with van der Waals surface area (Å²) in [6.45, 7) is 5.99. The maximum Gasteiger partial charge on any atom is 0.247 e. The number of anilines is 1. The van der Waals surface area contributed by atoms with E-state index in [1.54, 1.807) is 18.2 Å². The van der Waals surface area contributed by atoms with E-state index in [1.807, 2.05) is 26.8 Å². The van der Waals surface area contributed by atoms with Crippen LogP contribution in [0.25, 0.3) is 0 Å². The number of hydrogen-bond acceptors (Lipinski definition) is 6. The molecule has 7 heteroatoms. The number of methoxy groups -OCH3 is 1. The predicted octanol–water partition coefficient (Wildman–Crippen LogP) is 2.99. The summed E-state index contributed by atoms with van der Waals surface area (Å²) >= 11 is 0. The van der Waals surface area contributed by atoms with E-state index < -0.39 is 11.8 Å². The van der Waals surface area contributed by atoms with Crippen molar-refractivity contribution in [2.24, 2.45) is 5.73 Å². The van der Waals surface area contributed by atoms with Crippen LogP contribution < -0.4 is 20.5 Å². The molecular formula is C21H22N4O3. The molecule has 2 heterocycles. The Bertz CT molecular complexity index is 1020. The summed E-state index contributed by atoms with van der Waals surface area (Å²) in [5.74, 6) is -0.152. The molecule has 0 fully saturated rings. The van der Waals surface area contributed by atoms with Gasteiger partial charge in [0, 0.05) is 28.2 Å². The number of primary amides is 1. The van der Waals surface area contributed by atoms with Gasteiger partial charge >= 0.3 is 0 Å². The van der Waals surface area contributed by atoms with Gasteiger partial charge in [-0.05, 0) is 39.0 Å². The first kappa shape index (κ1) is 19.2. The van der Waals surface area contributed by atoms with E-state index in [-0.39, 0.29) is 0 Å². The zero-order chi connectivity index (χ0) is 20.4. The van der Waals surface area contributed by atoms with Crippen LogP contribution in [0.1, 0.15) is 42.1 Å². The van der Waals surface area contributed by atoms with E-state index in [0.717, 1.165) is 16.9 Å². The molecular weight excluding hydrogens is 356 g/mol. The highest BCUT2D eigenvalue weighted by atomic mass is 16.5. The Morgan fingerprint density at radius 1 is 1.36 bits per heavy atom. The Balaban J connectivity index is 2.35. The molecule has 144 valence electrons. The molecule has 0 saturated carbocycles. The molecule has 1 amide bonds. The number of ether oxygens (including phenoxy) is 2. The molecule has 0 aliphatic carbocycles. The van der Waals surface area contributed by atoms with Gasteiger partial charge in [-0.2, -0.15) is 5.26 Å². The number of aromatic nitrogens is 1. The SMILES string of the molecule is CCOc1nc(C)cc2c1[C@@H](c1ccc(C#N)cc1OC)C(C(N)=O)=C(C)N2. The Labute approximate surface area is 163 Å². The molecule has 0 spiro atoms. The zero-order valence-corrected chi connectivity index (χ0v) is 16.3. The number of amides is 1. The number of nitriles is 1. The van der Waals surface area contributed by atoms with Gasteiger partial charge in [0.05, 0.1) is 36.8 Å². The predicted molar refractivity (Wildman–Crippen MR) is 105 cm³/mol. The van der Waals surface area contributed by atoms with E-state index in [9.17, 15) is 10.1 Å². The number of carbonyl (C=O) groups excluding carboxylic acids is 1. The summed E-state index contributed by atoms with van der Waals surface area (Å²) < 4.78 is 11.3. The first-order chi connectivity index (χ1) is 13.4. The molecule has 1 aliphatic rings. The van der Waals surface area contributed by atoms with Gasteiger partial charge in [-0.25, -0.2) is 4.98 Å². The zero-order valence-electron chi connectivity index (χ0n) is 16.3. The number of benzene rings is 1. The van der Waals surface area contributed by atoms with E-state index in [4.69, 9.17) is 15.2 Å². The molecule has 3 N–H and O–H groups in total. The highest BCUT2D eigenvalue weighted by Gasteiger charge is 2.36. The van der Waals surface area contributed by atoms with E-state index in [0.29, 0.717) is 40.6 Å². The summed E-state index contributed by atoms with van der Waals surface area (Å²) in [5, 5.41) is 12.5. The van der Waals surface area contributed by atoms with Crippen molar-refractivity contribution < 1.29 is 14.3 Å². The number of allylic oxidation sites excluding steroid dienone is 1. The summed E-state index contributed by atoms with van der Waals surface area (Å²) in [4.78, 5) is 16.9. The van der Waals surface area contributed by atoms with Crippen LogP contribution in [0.2, 0.25) is 0 Å². The van der Waals surface area contributed by atoms with Gasteiger partial charge < -0.3 is 20.5 Å². The number of fused-ring (bicyclic) bond motifs is 1. The Morgan fingerprint density at radius 2 is 2.11 bits per heavy atom. The quantitative estimate of drug-likeness (QED) is 0.827. The van der Waals surface area contributed by atoms with Crippen molar-refractivity contribution in [1.82, 2.24) is 4.98 Å². The smallest absolute Gasteiger partial charge is 0.247 e. The van der Waals surface area contributed by atoms with Crippen LogP contribution in [0.5, 0.6) is 11.6 Å². The second-order valence-corrected chi connectivity index (χ2v) is 6.49. The fourth-order valence-electron chi connectivity index (χ4n) is 3.57. The van der Waals surface area contributed by atoms with Crippen LogP contribution in [0.3, 0.4) is 0 Å². The highest BCUT2D eigenvalue weighted by molar-refractivity contribution is 5.98. The number of rotatable bonds is 5. The van der Waals surface area contributed by atoms with Crippen LogP contribution in [0.15, 0.2) is 35.5 Å². The van der Waals surface area contributed by atoms with E-state index in [2.05, 4.69) is 16.4 Å². The van der Waals surface area contributed by atoms with Crippen molar-refractivity contribution in [3.05, 3.63) is 57.9 Å². The van der Waals surface area contributed by atoms with Gasteiger partial charge in [0.25, 0.3) is 0 Å². The Morgan fingerprint density at radius 3 is 2.71 bits per heavy atom. The fraction of sp³-hybridized carbons (Fsp3) is 0.286. The number of nitrogens with two attached hydrogens (primary N) is 1. The maximum absolute atomic E-state index is 12.4. The largest absolute Gasteiger partial charge is 0.496 e. The molecule has 0 saturated heterocycles. The lowest BCUT2D eigenvalue weighted by atomic mass is 9.80. The normalized spacial score (nSPS) is 15.3. The van der Waals surface area contributed by atoms with Gasteiger partial charge in [0.1, 0.15) is 5.75 Å². The molecule has 0 bridgehead atoms. The standard InChI is InChI=1S/C21H22N4O3/c1-5-28-21-19-15(8-11(2)24-21)25-12(3)17(20(23)26)18(19)14-7-6-13(10-22)9-16(14)27-4/h6-9,18,25H,5H2,1-4H3,(H2,23,26)/t18-/m0/s1. The molecule has 0 radical (unpaired) electrons. The highest BCUT2D eigenvalue weighted by Crippen LogP contribution is 2.48. The number of aryl methyl sites for hydroxylation is 1. The number of carbonyl (C=O) groups is 1. The molecule has 1 aromatic heterocycles. The minimum absolute atomic E-state index is 0.405. The second kappa shape index (κ2) is 7.61. The molecule has 1 atom stereocenters. The molecule has 1 aliphatic heterocycles. The molecule has 28 heavy (non-hydrogen) atoms. The van der Waals surface area contributed by atoms with E-state index >= 15 is 0 Å². The van der Waals surface area contributed by atoms with Gasteiger partial charge in [-0.3, -0.25) is 4.79 Å². The van der Waals surface area contributed by atoms with Gasteiger partial charge in [-0.1, -0.05) is 6.07 Å². The lowest BCUT2D eigenvalue weighted by Gasteiger charge is -2.31. The first-order valence-corrected chi connectivity index (χ1v) is 8.91. The number of nitrogens with one attached hydrogen (secondary N) is 1. The number of hydrogen-bond donors (Lipinski definition) is 2. The topological polar surface area (TPSA) is 110 Å². The van der Waals surface area contributed by atoms with Crippen molar-refractivity contribution >= 4 is 11.6 Å². The molecule has 3 rings (SSSR count). The van der Waals surface area contributed by atoms with Crippen molar-refractivity contribution in [2.45, 2.75) is 26.7 Å². The third-order valence-corrected chi connectivity index (χ3v) is 4.68. The minimum atomic E-state index is -0.546. The first-order valence-electron chi connectivity index (χ1n) is 8.91. The number of pyridine rings is 1. The summed E-state index contributed by atoms with van der Waals surface area (Å²) in [6, 6.07) is 9.12. The molecule has 1 aromatic carbocycles. The van der Waals surface area contributed by atoms with Gasteiger partial charge in [0.15, 0.2) is 0 Å². The van der Waals surface area contributed by atoms with Crippen molar-refractivity contribution in [3.8, 4) is 17.7 Å². The van der Waals surface area contributed by atoms with Gasteiger partial charge in [-0.15, -0.1) is 0 Å². The third-order valence-electron chi connectivity index (χ3n) is 4.68. The van der Waals surface area contributed by atoms with E-state index in [1.165, 1.54) is 7.11 Å². The second-order valence-electron chi connectivity index (χ2n) is 6.49. The minimum Gasteiger partial charge on any atom is -0.496 e. The van der Waals surface area contributed by atoms with Crippen LogP contribution >= 0.6 is 0 Å². The lowest BCUT2D eigenvalue weighted by molar-refractivity contribution is -0.114. The van der Waals surface area contributed by atoms with Crippen LogP contribution in [0, 0.1) is 18.3 Å². The van der Waals surface area contributed by atoms with Crippen molar-refractivity contribution in [3.63, 3.8) is 0 Å². The summed E-state index contributed by atoms with van der Waals surface area (Å²) in [7, 11) is 1.53. The van der Waals surface area contributed by atoms with Crippen LogP contribution in [-0.4, -0.2) is 24.6 Å². The summed E-state index contributed by atoms with van der Waals surface area (Å²) in [5.41, 5.74) is 10.3. The van der Waals surface area contributed by atoms with Crippen LogP contribution in [-0.2, 0) is 4.79 Å². The van der Waals surface area contributed by atoms with Gasteiger partial charge in [0.2, 0.25) is 11.8 Å². The monoisotopic (exact) mass is 378 g/mol. The summed E-state index contributed by atoms with van der Waals surface area (Å²) in [6.07, 6.45) is 0. The van der Waals surface area contributed by atoms with Crippen molar-refractivity contribution in [2.75, 3.05) is 19.0 Å². The fourth-order valence-corrected chi connectivity index (χ4v) is 3.57. The maximum atomic E-state index is 12.4. The molecule has 0 unspecified atom stereocenters. The van der Waals surface area contributed by atoms with Crippen molar-refractivity contribution in [1.29, 1.82) is 5.26 Å². The molecule has 2 aromatic rings. The Kier molecular flexibility index (Phi) is 5.23. The average molecular weight is 378 g/mol. The lowest BCUT2D eigenvalue weighted by Crippen LogP contribution is -2.28. The average Bonchev–Trinajstić information content (AvgIpc) is 2.66. The Hall–Kier alpha value is -3.53.